The minimum atomic E-state index is -0.230. The fraction of sp³-hybridized carbons (Fsp3) is 0.467. The van der Waals surface area contributed by atoms with Gasteiger partial charge < -0.3 is 10.6 Å². The molecule has 108 valence electrons. The second kappa shape index (κ2) is 6.50. The molecule has 2 rings (SSSR count). The summed E-state index contributed by atoms with van der Waals surface area (Å²) in [4.78, 5) is 22.3. The van der Waals surface area contributed by atoms with E-state index in [-0.39, 0.29) is 30.2 Å². The minimum Gasteiger partial charge on any atom is -0.352 e. The molecule has 2 amide bonds. The van der Waals surface area contributed by atoms with Crippen LogP contribution in [0, 0.1) is 5.82 Å². The highest BCUT2D eigenvalue weighted by Crippen LogP contribution is 2.34. The van der Waals surface area contributed by atoms with Crippen molar-refractivity contribution in [2.45, 2.75) is 38.1 Å². The lowest BCUT2D eigenvalue weighted by Crippen LogP contribution is -2.40. The molecule has 5 heteroatoms. The summed E-state index contributed by atoms with van der Waals surface area (Å²) in [5.41, 5.74) is 1.12. The number of amides is 2. The van der Waals surface area contributed by atoms with Gasteiger partial charge in [-0.2, -0.15) is 0 Å². The second-order valence-corrected chi connectivity index (χ2v) is 5.24. The first-order chi connectivity index (χ1) is 9.54. The van der Waals surface area contributed by atoms with Crippen LogP contribution in [0.3, 0.4) is 0 Å². The molecule has 1 aromatic carbocycles. The van der Waals surface area contributed by atoms with Gasteiger partial charge in [0.1, 0.15) is 5.82 Å². The Bertz CT molecular complexity index is 487. The molecule has 20 heavy (non-hydrogen) atoms. The molecular weight excluding hydrogens is 259 g/mol. The standard InChI is InChI=1S/C15H19FN2O2/c1-10(19)17-9-15(20)18-14-7-4-12(8-14)11-2-5-13(16)6-3-11/h2-3,5-6,12,14H,4,7-9H2,1H3,(H,17,19)(H,18,20). The third-order valence-corrected chi connectivity index (χ3v) is 3.64. The van der Waals surface area contributed by atoms with Crippen molar-refractivity contribution in [1.29, 1.82) is 0 Å². The van der Waals surface area contributed by atoms with Crippen molar-refractivity contribution in [2.75, 3.05) is 6.54 Å². The molecule has 0 aromatic heterocycles. The van der Waals surface area contributed by atoms with Crippen molar-refractivity contribution in [3.63, 3.8) is 0 Å². The van der Waals surface area contributed by atoms with Gasteiger partial charge in [-0.3, -0.25) is 9.59 Å². The minimum absolute atomic E-state index is 0.0209. The van der Waals surface area contributed by atoms with Crippen molar-refractivity contribution < 1.29 is 14.0 Å². The summed E-state index contributed by atoms with van der Waals surface area (Å²) in [6.07, 6.45) is 2.75. The molecule has 0 spiro atoms. The molecule has 0 heterocycles. The van der Waals surface area contributed by atoms with E-state index in [9.17, 15) is 14.0 Å². The van der Waals surface area contributed by atoms with Crippen LogP contribution in [-0.4, -0.2) is 24.4 Å². The van der Waals surface area contributed by atoms with E-state index in [2.05, 4.69) is 10.6 Å². The normalized spacial score (nSPS) is 21.5. The van der Waals surface area contributed by atoms with Gasteiger partial charge in [-0.15, -0.1) is 0 Å². The number of halogens is 1. The zero-order chi connectivity index (χ0) is 14.5. The van der Waals surface area contributed by atoms with Crippen molar-refractivity contribution in [3.05, 3.63) is 35.6 Å². The van der Waals surface area contributed by atoms with Crippen LogP contribution in [0.15, 0.2) is 24.3 Å². The third-order valence-electron chi connectivity index (χ3n) is 3.64. The van der Waals surface area contributed by atoms with Gasteiger partial charge in [-0.1, -0.05) is 12.1 Å². The maximum Gasteiger partial charge on any atom is 0.239 e. The quantitative estimate of drug-likeness (QED) is 0.881. The lowest BCUT2D eigenvalue weighted by atomic mass is 9.97. The van der Waals surface area contributed by atoms with Crippen LogP contribution in [-0.2, 0) is 9.59 Å². The summed E-state index contributed by atoms with van der Waals surface area (Å²) in [5, 5.41) is 5.39. The summed E-state index contributed by atoms with van der Waals surface area (Å²) >= 11 is 0. The Kier molecular flexibility index (Phi) is 4.71. The Morgan fingerprint density at radius 3 is 2.60 bits per heavy atom. The summed E-state index contributed by atoms with van der Waals surface area (Å²) in [6, 6.07) is 6.69. The van der Waals surface area contributed by atoms with E-state index in [1.165, 1.54) is 19.1 Å². The highest BCUT2D eigenvalue weighted by atomic mass is 19.1. The molecule has 0 bridgehead atoms. The number of rotatable bonds is 4. The Morgan fingerprint density at radius 1 is 1.25 bits per heavy atom. The molecule has 2 unspecified atom stereocenters. The van der Waals surface area contributed by atoms with Crippen molar-refractivity contribution in [3.8, 4) is 0 Å². The van der Waals surface area contributed by atoms with Gasteiger partial charge in [0.25, 0.3) is 0 Å². The molecule has 1 aromatic rings. The fourth-order valence-electron chi connectivity index (χ4n) is 2.63. The SMILES string of the molecule is CC(=O)NCC(=O)NC1CCC(c2ccc(F)cc2)C1. The lowest BCUT2D eigenvalue weighted by molar-refractivity contribution is -0.125. The maximum atomic E-state index is 12.9. The van der Waals surface area contributed by atoms with E-state index >= 15 is 0 Å². The Morgan fingerprint density at radius 2 is 1.95 bits per heavy atom. The van der Waals surface area contributed by atoms with E-state index in [0.717, 1.165) is 24.8 Å². The predicted octanol–water partition coefficient (Wildman–Crippen LogP) is 1.71. The van der Waals surface area contributed by atoms with E-state index in [0.29, 0.717) is 5.92 Å². The first-order valence-corrected chi connectivity index (χ1v) is 6.84. The topological polar surface area (TPSA) is 58.2 Å². The molecule has 4 nitrogen and oxygen atoms in total. The summed E-state index contributed by atoms with van der Waals surface area (Å²) in [5.74, 6) is -0.241. The van der Waals surface area contributed by atoms with Crippen molar-refractivity contribution in [1.82, 2.24) is 10.6 Å². The van der Waals surface area contributed by atoms with Crippen LogP contribution in [0.2, 0.25) is 0 Å². The van der Waals surface area contributed by atoms with E-state index in [1.54, 1.807) is 0 Å². The number of hydrogen-bond donors (Lipinski definition) is 2. The first kappa shape index (κ1) is 14.5. The van der Waals surface area contributed by atoms with Crippen LogP contribution in [0.1, 0.15) is 37.7 Å². The van der Waals surface area contributed by atoms with Crippen LogP contribution >= 0.6 is 0 Å². The van der Waals surface area contributed by atoms with Gasteiger partial charge >= 0.3 is 0 Å². The van der Waals surface area contributed by atoms with E-state index < -0.39 is 0 Å². The largest absolute Gasteiger partial charge is 0.352 e. The first-order valence-electron chi connectivity index (χ1n) is 6.84. The number of carbonyl (C=O) groups excluding carboxylic acids is 2. The molecule has 0 radical (unpaired) electrons. The average molecular weight is 278 g/mol. The second-order valence-electron chi connectivity index (χ2n) is 5.24. The van der Waals surface area contributed by atoms with Crippen LogP contribution in [0.5, 0.6) is 0 Å². The van der Waals surface area contributed by atoms with Gasteiger partial charge in [0.05, 0.1) is 6.54 Å². The zero-order valence-electron chi connectivity index (χ0n) is 11.5. The summed E-state index contributed by atoms with van der Waals surface area (Å²) in [7, 11) is 0. The van der Waals surface area contributed by atoms with Gasteiger partial charge in [0.2, 0.25) is 11.8 Å². The molecule has 0 aliphatic heterocycles. The Balaban J connectivity index is 1.81. The van der Waals surface area contributed by atoms with Crippen LogP contribution in [0.25, 0.3) is 0 Å². The van der Waals surface area contributed by atoms with Gasteiger partial charge in [-0.25, -0.2) is 4.39 Å². The van der Waals surface area contributed by atoms with E-state index in [4.69, 9.17) is 0 Å². The molecule has 2 atom stereocenters. The number of hydrogen-bond acceptors (Lipinski definition) is 2. The molecule has 1 saturated carbocycles. The fourth-order valence-corrected chi connectivity index (χ4v) is 2.63. The van der Waals surface area contributed by atoms with Gasteiger partial charge in [0.15, 0.2) is 0 Å². The molecule has 2 N–H and O–H groups in total. The van der Waals surface area contributed by atoms with Crippen LogP contribution < -0.4 is 10.6 Å². The molecular formula is C15H19FN2O2. The highest BCUT2D eigenvalue weighted by molar-refractivity contribution is 5.83. The monoisotopic (exact) mass is 278 g/mol. The van der Waals surface area contributed by atoms with Crippen molar-refractivity contribution in [2.24, 2.45) is 0 Å². The van der Waals surface area contributed by atoms with Gasteiger partial charge in [-0.05, 0) is 42.9 Å². The number of carbonyl (C=O) groups is 2. The number of benzene rings is 1. The smallest absolute Gasteiger partial charge is 0.239 e. The third kappa shape index (κ3) is 4.05. The summed E-state index contributed by atoms with van der Waals surface area (Å²) < 4.78 is 12.9. The predicted molar refractivity (Wildman–Crippen MR) is 73.6 cm³/mol. The number of nitrogens with one attached hydrogen (secondary N) is 2. The molecule has 0 saturated heterocycles. The lowest BCUT2D eigenvalue weighted by Gasteiger charge is -2.14. The molecule has 1 aliphatic carbocycles. The maximum absolute atomic E-state index is 12.9. The average Bonchev–Trinajstić information content (AvgIpc) is 2.85. The zero-order valence-corrected chi connectivity index (χ0v) is 11.5. The Labute approximate surface area is 117 Å². The van der Waals surface area contributed by atoms with Gasteiger partial charge in [0, 0.05) is 13.0 Å². The van der Waals surface area contributed by atoms with Crippen molar-refractivity contribution >= 4 is 11.8 Å². The molecule has 1 aliphatic rings. The van der Waals surface area contributed by atoms with Crippen LogP contribution in [0.4, 0.5) is 4.39 Å². The highest BCUT2D eigenvalue weighted by Gasteiger charge is 2.26. The Hall–Kier alpha value is -1.91. The van der Waals surface area contributed by atoms with E-state index in [1.807, 2.05) is 12.1 Å². The summed E-state index contributed by atoms with van der Waals surface area (Å²) in [6.45, 7) is 1.40. The molecule has 1 fully saturated rings.